The summed E-state index contributed by atoms with van der Waals surface area (Å²) in [6.45, 7) is -0.0582. The van der Waals surface area contributed by atoms with Crippen LogP contribution >= 0.6 is 0 Å². The lowest BCUT2D eigenvalue weighted by Crippen LogP contribution is -2.06. The Labute approximate surface area is 74.7 Å². The fraction of sp³-hybridized carbons (Fsp3) is 0.100. The van der Waals surface area contributed by atoms with Gasteiger partial charge in [0.2, 0.25) is 0 Å². The van der Waals surface area contributed by atoms with Crippen molar-refractivity contribution in [1.29, 1.82) is 0 Å². The van der Waals surface area contributed by atoms with Crippen molar-refractivity contribution in [3.8, 4) is 0 Å². The van der Waals surface area contributed by atoms with Crippen molar-refractivity contribution >= 4 is 10.8 Å². The summed E-state index contributed by atoms with van der Waals surface area (Å²) in [4.78, 5) is 13.9. The number of hydrogen-bond acceptors (Lipinski definition) is 2. The third kappa shape index (κ3) is 1.23. The second-order valence-corrected chi connectivity index (χ2v) is 2.85. The van der Waals surface area contributed by atoms with Crippen molar-refractivity contribution in [3.05, 3.63) is 46.4 Å². The fourth-order valence-electron chi connectivity index (χ4n) is 1.40. The molecular formula is C10H9NO2. The Morgan fingerprint density at radius 2 is 1.92 bits per heavy atom. The first-order valence-electron chi connectivity index (χ1n) is 4.03. The van der Waals surface area contributed by atoms with Crippen LogP contribution in [0.2, 0.25) is 0 Å². The molecule has 0 aliphatic carbocycles. The standard InChI is InChI=1S/C10H9NO2/c12-6-7-5-11-10(13)9-4-2-1-3-8(7)9/h1-5,12H,6H2,(H,11,13). The van der Waals surface area contributed by atoms with Crippen molar-refractivity contribution < 1.29 is 5.11 Å². The van der Waals surface area contributed by atoms with Crippen LogP contribution in [0.4, 0.5) is 0 Å². The molecule has 0 saturated carbocycles. The van der Waals surface area contributed by atoms with Crippen molar-refractivity contribution in [2.24, 2.45) is 0 Å². The minimum atomic E-state index is -0.118. The Morgan fingerprint density at radius 3 is 2.62 bits per heavy atom. The zero-order valence-electron chi connectivity index (χ0n) is 6.95. The average Bonchev–Trinajstić information content (AvgIpc) is 2.19. The molecule has 0 amide bonds. The maximum absolute atomic E-state index is 11.3. The van der Waals surface area contributed by atoms with E-state index in [2.05, 4.69) is 4.98 Å². The van der Waals surface area contributed by atoms with Crippen LogP contribution in [0.15, 0.2) is 35.3 Å². The molecule has 0 aliphatic rings. The molecule has 0 radical (unpaired) electrons. The van der Waals surface area contributed by atoms with Gasteiger partial charge in [0.15, 0.2) is 0 Å². The van der Waals surface area contributed by atoms with Gasteiger partial charge >= 0.3 is 0 Å². The zero-order chi connectivity index (χ0) is 9.26. The van der Waals surface area contributed by atoms with Crippen LogP contribution in [0, 0.1) is 0 Å². The van der Waals surface area contributed by atoms with E-state index in [9.17, 15) is 4.79 Å². The van der Waals surface area contributed by atoms with Crippen molar-refractivity contribution in [1.82, 2.24) is 4.98 Å². The van der Waals surface area contributed by atoms with Crippen molar-refractivity contribution in [3.63, 3.8) is 0 Å². The summed E-state index contributed by atoms with van der Waals surface area (Å²) in [6, 6.07) is 7.23. The van der Waals surface area contributed by atoms with Crippen LogP contribution in [0.5, 0.6) is 0 Å². The molecule has 0 atom stereocenters. The first kappa shape index (κ1) is 8.01. The molecule has 2 N–H and O–H groups in total. The summed E-state index contributed by atoms with van der Waals surface area (Å²) < 4.78 is 0. The fourth-order valence-corrected chi connectivity index (χ4v) is 1.40. The highest BCUT2D eigenvalue weighted by Gasteiger charge is 2.01. The molecule has 0 spiro atoms. The van der Waals surface area contributed by atoms with Crippen LogP contribution in [0.3, 0.4) is 0 Å². The highest BCUT2D eigenvalue weighted by Crippen LogP contribution is 2.13. The largest absolute Gasteiger partial charge is 0.392 e. The van der Waals surface area contributed by atoms with Crippen molar-refractivity contribution in [2.45, 2.75) is 6.61 Å². The third-order valence-electron chi connectivity index (χ3n) is 2.07. The molecule has 0 fully saturated rings. The van der Waals surface area contributed by atoms with Crippen LogP contribution in [-0.4, -0.2) is 10.1 Å². The number of fused-ring (bicyclic) bond motifs is 1. The molecule has 1 aromatic carbocycles. The number of benzene rings is 1. The quantitative estimate of drug-likeness (QED) is 0.679. The second kappa shape index (κ2) is 3.03. The van der Waals surface area contributed by atoms with Gasteiger partial charge in [0.25, 0.3) is 5.56 Å². The Balaban J connectivity index is 2.93. The summed E-state index contributed by atoms with van der Waals surface area (Å²) >= 11 is 0. The van der Waals surface area contributed by atoms with E-state index in [1.165, 1.54) is 0 Å². The summed E-state index contributed by atoms with van der Waals surface area (Å²) in [5, 5.41) is 10.4. The molecular weight excluding hydrogens is 166 g/mol. The smallest absolute Gasteiger partial charge is 0.255 e. The zero-order valence-corrected chi connectivity index (χ0v) is 6.95. The van der Waals surface area contributed by atoms with Gasteiger partial charge in [-0.1, -0.05) is 18.2 Å². The third-order valence-corrected chi connectivity index (χ3v) is 2.07. The van der Waals surface area contributed by atoms with Crippen LogP contribution in [-0.2, 0) is 6.61 Å². The van der Waals surface area contributed by atoms with Gasteiger partial charge in [0, 0.05) is 17.1 Å². The molecule has 2 rings (SSSR count). The molecule has 3 heteroatoms. The van der Waals surface area contributed by atoms with E-state index < -0.39 is 0 Å². The minimum Gasteiger partial charge on any atom is -0.392 e. The predicted molar refractivity (Wildman–Crippen MR) is 50.5 cm³/mol. The van der Waals surface area contributed by atoms with Gasteiger partial charge in [-0.3, -0.25) is 4.79 Å². The number of aromatic amines is 1. The van der Waals surface area contributed by atoms with E-state index >= 15 is 0 Å². The number of aromatic nitrogens is 1. The first-order chi connectivity index (χ1) is 6.33. The van der Waals surface area contributed by atoms with Gasteiger partial charge < -0.3 is 10.1 Å². The molecule has 0 bridgehead atoms. The maximum Gasteiger partial charge on any atom is 0.255 e. The number of aliphatic hydroxyl groups is 1. The molecule has 1 aromatic heterocycles. The molecule has 2 aromatic rings. The van der Waals surface area contributed by atoms with Crippen LogP contribution in [0.1, 0.15) is 5.56 Å². The number of H-pyrrole nitrogens is 1. The van der Waals surface area contributed by atoms with Gasteiger partial charge in [-0.2, -0.15) is 0 Å². The minimum absolute atomic E-state index is 0.0582. The molecule has 0 saturated heterocycles. The monoisotopic (exact) mass is 175 g/mol. The van der Waals surface area contributed by atoms with Gasteiger partial charge in [0.1, 0.15) is 0 Å². The molecule has 66 valence electrons. The lowest BCUT2D eigenvalue weighted by Gasteiger charge is -2.01. The van der Waals surface area contributed by atoms with Gasteiger partial charge in [-0.05, 0) is 11.5 Å². The number of pyridine rings is 1. The lowest BCUT2D eigenvalue weighted by atomic mass is 10.1. The first-order valence-corrected chi connectivity index (χ1v) is 4.03. The van der Waals surface area contributed by atoms with Gasteiger partial charge in [0.05, 0.1) is 6.61 Å². The summed E-state index contributed by atoms with van der Waals surface area (Å²) in [5.74, 6) is 0. The van der Waals surface area contributed by atoms with E-state index in [0.717, 1.165) is 10.9 Å². The van der Waals surface area contributed by atoms with Crippen LogP contribution < -0.4 is 5.56 Å². The van der Waals surface area contributed by atoms with E-state index in [1.807, 2.05) is 12.1 Å². The molecule has 0 aliphatic heterocycles. The Bertz CT molecular complexity index is 487. The van der Waals surface area contributed by atoms with E-state index in [0.29, 0.717) is 5.39 Å². The van der Waals surface area contributed by atoms with E-state index in [-0.39, 0.29) is 12.2 Å². The highest BCUT2D eigenvalue weighted by atomic mass is 16.3. The molecule has 13 heavy (non-hydrogen) atoms. The lowest BCUT2D eigenvalue weighted by molar-refractivity contribution is 0.283. The number of rotatable bonds is 1. The normalized spacial score (nSPS) is 10.5. The molecule has 1 heterocycles. The molecule has 0 unspecified atom stereocenters. The average molecular weight is 175 g/mol. The Morgan fingerprint density at radius 1 is 1.23 bits per heavy atom. The number of aliphatic hydroxyl groups excluding tert-OH is 1. The molecule has 3 nitrogen and oxygen atoms in total. The van der Waals surface area contributed by atoms with Gasteiger partial charge in [-0.15, -0.1) is 0 Å². The summed E-state index contributed by atoms with van der Waals surface area (Å²) in [6.07, 6.45) is 1.55. The topological polar surface area (TPSA) is 53.1 Å². The Kier molecular flexibility index (Phi) is 1.87. The van der Waals surface area contributed by atoms with Gasteiger partial charge in [-0.25, -0.2) is 0 Å². The number of hydrogen-bond donors (Lipinski definition) is 2. The number of nitrogens with one attached hydrogen (secondary N) is 1. The maximum atomic E-state index is 11.3. The summed E-state index contributed by atoms with van der Waals surface area (Å²) in [7, 11) is 0. The highest BCUT2D eigenvalue weighted by molar-refractivity contribution is 5.84. The van der Waals surface area contributed by atoms with Crippen LogP contribution in [0.25, 0.3) is 10.8 Å². The summed E-state index contributed by atoms with van der Waals surface area (Å²) in [5.41, 5.74) is 0.628. The van der Waals surface area contributed by atoms with Crippen molar-refractivity contribution in [2.75, 3.05) is 0 Å². The Hall–Kier alpha value is -1.61. The van der Waals surface area contributed by atoms with E-state index in [1.54, 1.807) is 18.3 Å². The predicted octanol–water partition coefficient (Wildman–Crippen LogP) is 1.02. The van der Waals surface area contributed by atoms with E-state index in [4.69, 9.17) is 5.11 Å². The SMILES string of the molecule is O=c1[nH]cc(CO)c2ccccc12. The second-order valence-electron chi connectivity index (χ2n) is 2.85.